The van der Waals surface area contributed by atoms with E-state index in [2.05, 4.69) is 18.7 Å². The van der Waals surface area contributed by atoms with Crippen LogP contribution < -0.4 is 0 Å². The minimum atomic E-state index is -0.374. The summed E-state index contributed by atoms with van der Waals surface area (Å²) in [5.74, 6) is 1.41. The number of rotatable bonds is 4. The SMILES string of the molecule is CC(C)C1CCN(Cc2cc([N+](=O)[O-])ccc2Cl)C1. The van der Waals surface area contributed by atoms with E-state index in [-0.39, 0.29) is 10.6 Å². The zero-order valence-electron chi connectivity index (χ0n) is 11.3. The van der Waals surface area contributed by atoms with E-state index in [4.69, 9.17) is 11.6 Å². The highest BCUT2D eigenvalue weighted by Gasteiger charge is 2.25. The van der Waals surface area contributed by atoms with Crippen LogP contribution in [0.4, 0.5) is 5.69 Å². The summed E-state index contributed by atoms with van der Waals surface area (Å²) in [5, 5.41) is 11.4. The van der Waals surface area contributed by atoms with Gasteiger partial charge in [-0.2, -0.15) is 0 Å². The van der Waals surface area contributed by atoms with Gasteiger partial charge in [0.1, 0.15) is 0 Å². The molecule has 1 fully saturated rings. The molecule has 1 saturated heterocycles. The van der Waals surface area contributed by atoms with Crippen LogP contribution in [0, 0.1) is 22.0 Å². The van der Waals surface area contributed by atoms with Gasteiger partial charge in [-0.1, -0.05) is 25.4 Å². The van der Waals surface area contributed by atoms with Crippen LogP contribution in [0.3, 0.4) is 0 Å². The van der Waals surface area contributed by atoms with Crippen LogP contribution in [-0.2, 0) is 6.54 Å². The number of nitrogens with zero attached hydrogens (tertiary/aromatic N) is 2. The largest absolute Gasteiger partial charge is 0.299 e. The van der Waals surface area contributed by atoms with Gasteiger partial charge in [0, 0.05) is 30.2 Å². The summed E-state index contributed by atoms with van der Waals surface area (Å²) >= 11 is 6.13. The fraction of sp³-hybridized carbons (Fsp3) is 0.571. The van der Waals surface area contributed by atoms with E-state index in [0.717, 1.165) is 24.6 Å². The van der Waals surface area contributed by atoms with Gasteiger partial charge in [0.05, 0.1) is 4.92 Å². The second-order valence-electron chi connectivity index (χ2n) is 5.56. The Morgan fingerprint density at radius 2 is 2.26 bits per heavy atom. The molecule has 0 saturated carbocycles. The van der Waals surface area contributed by atoms with Crippen LogP contribution >= 0.6 is 11.6 Å². The highest BCUT2D eigenvalue weighted by molar-refractivity contribution is 6.31. The van der Waals surface area contributed by atoms with Crippen molar-refractivity contribution < 1.29 is 4.92 Å². The summed E-state index contributed by atoms with van der Waals surface area (Å²) in [6.07, 6.45) is 1.20. The highest BCUT2D eigenvalue weighted by Crippen LogP contribution is 2.28. The molecular formula is C14H19ClN2O2. The Morgan fingerprint density at radius 1 is 1.53 bits per heavy atom. The summed E-state index contributed by atoms with van der Waals surface area (Å²) in [7, 11) is 0. The third kappa shape index (κ3) is 3.45. The Kier molecular flexibility index (Phi) is 4.42. The van der Waals surface area contributed by atoms with Gasteiger partial charge < -0.3 is 0 Å². The number of hydrogen-bond acceptors (Lipinski definition) is 3. The first-order valence-electron chi connectivity index (χ1n) is 6.62. The molecule has 1 aromatic rings. The second-order valence-corrected chi connectivity index (χ2v) is 5.97. The third-order valence-corrected chi connectivity index (χ3v) is 4.25. The molecule has 0 radical (unpaired) electrons. The quantitative estimate of drug-likeness (QED) is 0.624. The van der Waals surface area contributed by atoms with Gasteiger partial charge in [-0.05, 0) is 36.4 Å². The number of likely N-dealkylation sites (tertiary alicyclic amines) is 1. The average molecular weight is 283 g/mol. The molecule has 1 heterocycles. The molecule has 1 aliphatic rings. The van der Waals surface area contributed by atoms with E-state index in [0.29, 0.717) is 17.5 Å². The van der Waals surface area contributed by atoms with E-state index in [1.807, 2.05) is 0 Å². The van der Waals surface area contributed by atoms with Crippen molar-refractivity contribution in [1.29, 1.82) is 0 Å². The Hall–Kier alpha value is -1.13. The lowest BCUT2D eigenvalue weighted by atomic mass is 9.95. The van der Waals surface area contributed by atoms with Crippen molar-refractivity contribution in [2.24, 2.45) is 11.8 Å². The topological polar surface area (TPSA) is 46.4 Å². The molecule has 0 bridgehead atoms. The Morgan fingerprint density at radius 3 is 2.84 bits per heavy atom. The van der Waals surface area contributed by atoms with E-state index in [1.165, 1.54) is 12.5 Å². The first-order valence-corrected chi connectivity index (χ1v) is 7.00. The molecule has 1 atom stereocenters. The Balaban J connectivity index is 2.07. The standard InChI is InChI=1S/C14H19ClN2O2/c1-10(2)11-5-6-16(8-11)9-12-7-13(17(18)19)3-4-14(12)15/h3-4,7,10-11H,5-6,8-9H2,1-2H3. The van der Waals surface area contributed by atoms with Gasteiger partial charge in [0.2, 0.25) is 0 Å². The summed E-state index contributed by atoms with van der Waals surface area (Å²) in [6.45, 7) is 7.28. The summed E-state index contributed by atoms with van der Waals surface area (Å²) in [5.41, 5.74) is 0.958. The number of non-ortho nitro benzene ring substituents is 1. The zero-order chi connectivity index (χ0) is 14.0. The average Bonchev–Trinajstić information content (AvgIpc) is 2.80. The highest BCUT2D eigenvalue weighted by atomic mass is 35.5. The molecule has 104 valence electrons. The van der Waals surface area contributed by atoms with Crippen molar-refractivity contribution in [2.75, 3.05) is 13.1 Å². The zero-order valence-corrected chi connectivity index (χ0v) is 12.1. The van der Waals surface area contributed by atoms with Gasteiger partial charge >= 0.3 is 0 Å². The van der Waals surface area contributed by atoms with Gasteiger partial charge in [-0.15, -0.1) is 0 Å². The van der Waals surface area contributed by atoms with E-state index >= 15 is 0 Å². The molecule has 2 rings (SSSR count). The Bertz CT molecular complexity index is 477. The molecule has 19 heavy (non-hydrogen) atoms. The molecule has 1 unspecified atom stereocenters. The van der Waals surface area contributed by atoms with Crippen molar-refractivity contribution in [3.8, 4) is 0 Å². The smallest absolute Gasteiger partial charge is 0.269 e. The number of hydrogen-bond donors (Lipinski definition) is 0. The lowest BCUT2D eigenvalue weighted by Gasteiger charge is -2.18. The normalized spacial score (nSPS) is 20.1. The molecule has 1 aliphatic heterocycles. The van der Waals surface area contributed by atoms with Crippen molar-refractivity contribution in [2.45, 2.75) is 26.8 Å². The summed E-state index contributed by atoms with van der Waals surface area (Å²) < 4.78 is 0. The molecule has 0 N–H and O–H groups in total. The summed E-state index contributed by atoms with van der Waals surface area (Å²) in [4.78, 5) is 12.7. The molecule has 0 spiro atoms. The molecule has 0 aromatic heterocycles. The molecule has 4 nitrogen and oxygen atoms in total. The maximum absolute atomic E-state index is 10.8. The van der Waals surface area contributed by atoms with Crippen molar-refractivity contribution >= 4 is 17.3 Å². The predicted molar refractivity (Wildman–Crippen MR) is 76.3 cm³/mol. The van der Waals surface area contributed by atoms with E-state index in [1.54, 1.807) is 12.1 Å². The third-order valence-electron chi connectivity index (χ3n) is 3.89. The van der Waals surface area contributed by atoms with Gasteiger partial charge in [-0.25, -0.2) is 0 Å². The maximum atomic E-state index is 10.8. The minimum Gasteiger partial charge on any atom is -0.299 e. The number of halogens is 1. The minimum absolute atomic E-state index is 0.110. The van der Waals surface area contributed by atoms with Crippen LogP contribution in [0.15, 0.2) is 18.2 Å². The monoisotopic (exact) mass is 282 g/mol. The van der Waals surface area contributed by atoms with Gasteiger partial charge in [-0.3, -0.25) is 15.0 Å². The van der Waals surface area contributed by atoms with Crippen molar-refractivity contribution in [3.05, 3.63) is 38.9 Å². The predicted octanol–water partition coefficient (Wildman–Crippen LogP) is 3.73. The van der Waals surface area contributed by atoms with Crippen LogP contribution in [0.2, 0.25) is 5.02 Å². The molecule has 0 aliphatic carbocycles. The Labute approximate surface area is 118 Å². The van der Waals surface area contributed by atoms with Crippen LogP contribution in [0.1, 0.15) is 25.8 Å². The van der Waals surface area contributed by atoms with Crippen LogP contribution in [0.5, 0.6) is 0 Å². The summed E-state index contributed by atoms with van der Waals surface area (Å²) in [6, 6.07) is 4.66. The van der Waals surface area contributed by atoms with E-state index in [9.17, 15) is 10.1 Å². The first kappa shape index (κ1) is 14.3. The fourth-order valence-corrected chi connectivity index (χ4v) is 2.76. The molecular weight excluding hydrogens is 264 g/mol. The van der Waals surface area contributed by atoms with Crippen LogP contribution in [0.25, 0.3) is 0 Å². The lowest BCUT2D eigenvalue weighted by Crippen LogP contribution is -2.21. The molecule has 0 amide bonds. The number of nitro groups is 1. The number of benzene rings is 1. The van der Waals surface area contributed by atoms with Gasteiger partial charge in [0.25, 0.3) is 5.69 Å². The second kappa shape index (κ2) is 5.88. The van der Waals surface area contributed by atoms with Crippen molar-refractivity contribution in [1.82, 2.24) is 4.90 Å². The van der Waals surface area contributed by atoms with Crippen LogP contribution in [-0.4, -0.2) is 22.9 Å². The number of nitro benzene ring substituents is 1. The molecule has 1 aromatic carbocycles. The first-order chi connectivity index (χ1) is 8.97. The molecule has 5 heteroatoms. The fourth-order valence-electron chi connectivity index (χ4n) is 2.59. The maximum Gasteiger partial charge on any atom is 0.269 e. The van der Waals surface area contributed by atoms with Crippen molar-refractivity contribution in [3.63, 3.8) is 0 Å². The van der Waals surface area contributed by atoms with Gasteiger partial charge in [0.15, 0.2) is 0 Å². The van der Waals surface area contributed by atoms with E-state index < -0.39 is 0 Å². The lowest BCUT2D eigenvalue weighted by molar-refractivity contribution is -0.384.